The lowest BCUT2D eigenvalue weighted by atomic mass is 10.3. The Balaban J connectivity index is 1.38. The monoisotopic (exact) mass is 483 g/mol. The van der Waals surface area contributed by atoms with Crippen molar-refractivity contribution in [3.8, 4) is 0 Å². The second kappa shape index (κ2) is 7.82. The van der Waals surface area contributed by atoms with Gasteiger partial charge in [0.15, 0.2) is 5.13 Å². The van der Waals surface area contributed by atoms with E-state index >= 15 is 0 Å². The van der Waals surface area contributed by atoms with E-state index in [1.807, 2.05) is 0 Å². The average molecular weight is 484 g/mol. The van der Waals surface area contributed by atoms with E-state index in [-0.39, 0.29) is 15.6 Å². The van der Waals surface area contributed by atoms with Crippen LogP contribution in [-0.2, 0) is 10.0 Å². The molecule has 1 amide bonds. The molecule has 0 saturated heterocycles. The SMILES string of the molecule is O=C(Nc1ccc(S(=O)(=O)Nc2nccs2)cc1)c1cc2c(=O)n3ccccc3nc2s1. The molecule has 0 aliphatic heterocycles. The second-order valence-electron chi connectivity index (χ2n) is 6.60. The maximum atomic E-state index is 12.7. The number of hydrogen-bond acceptors (Lipinski definition) is 8. The highest BCUT2D eigenvalue weighted by molar-refractivity contribution is 7.93. The van der Waals surface area contributed by atoms with Crippen molar-refractivity contribution in [3.05, 3.63) is 81.5 Å². The summed E-state index contributed by atoms with van der Waals surface area (Å²) in [5, 5.41) is 5.01. The Morgan fingerprint density at radius 3 is 2.66 bits per heavy atom. The number of aromatic nitrogens is 3. The lowest BCUT2D eigenvalue weighted by Gasteiger charge is -2.07. The molecule has 5 rings (SSSR count). The van der Waals surface area contributed by atoms with Gasteiger partial charge in [0.2, 0.25) is 0 Å². The van der Waals surface area contributed by atoms with E-state index in [0.29, 0.717) is 26.4 Å². The molecule has 0 unspecified atom stereocenters. The van der Waals surface area contributed by atoms with Crippen molar-refractivity contribution in [1.29, 1.82) is 0 Å². The molecule has 0 aliphatic carbocycles. The topological polar surface area (TPSA) is 123 Å². The Hall–Kier alpha value is -3.61. The van der Waals surface area contributed by atoms with Gasteiger partial charge in [-0.25, -0.2) is 18.4 Å². The van der Waals surface area contributed by atoms with Gasteiger partial charge in [-0.15, -0.1) is 22.7 Å². The van der Waals surface area contributed by atoms with E-state index < -0.39 is 15.9 Å². The second-order valence-corrected chi connectivity index (χ2v) is 10.2. The zero-order chi connectivity index (χ0) is 22.3. The van der Waals surface area contributed by atoms with E-state index in [9.17, 15) is 18.0 Å². The third-order valence-corrected chi connectivity index (χ3v) is 7.72. The van der Waals surface area contributed by atoms with Crippen molar-refractivity contribution in [2.45, 2.75) is 4.90 Å². The highest BCUT2D eigenvalue weighted by atomic mass is 32.2. The fraction of sp³-hybridized carbons (Fsp3) is 0. The largest absolute Gasteiger partial charge is 0.321 e. The molecule has 32 heavy (non-hydrogen) atoms. The summed E-state index contributed by atoms with van der Waals surface area (Å²) in [5.74, 6) is -0.419. The van der Waals surface area contributed by atoms with Crippen LogP contribution in [-0.4, -0.2) is 28.7 Å². The molecule has 2 N–H and O–H groups in total. The van der Waals surface area contributed by atoms with Crippen molar-refractivity contribution in [3.63, 3.8) is 0 Å². The summed E-state index contributed by atoms with van der Waals surface area (Å²) in [6, 6.07) is 12.5. The maximum absolute atomic E-state index is 12.7. The number of hydrogen-bond donors (Lipinski definition) is 2. The van der Waals surface area contributed by atoms with Crippen LogP contribution in [0.3, 0.4) is 0 Å². The zero-order valence-corrected chi connectivity index (χ0v) is 18.5. The molecule has 5 aromatic rings. The number of nitrogens with one attached hydrogen (secondary N) is 2. The summed E-state index contributed by atoms with van der Waals surface area (Å²) in [7, 11) is -3.78. The molecule has 4 aromatic heterocycles. The van der Waals surface area contributed by atoms with Gasteiger partial charge in [-0.05, 0) is 42.5 Å². The fourth-order valence-electron chi connectivity index (χ4n) is 3.02. The summed E-state index contributed by atoms with van der Waals surface area (Å²) in [6.07, 6.45) is 3.13. The molecule has 9 nitrogen and oxygen atoms in total. The number of thiazole rings is 1. The fourth-order valence-corrected chi connectivity index (χ4v) is 5.73. The van der Waals surface area contributed by atoms with Crippen LogP contribution < -0.4 is 15.6 Å². The first-order chi connectivity index (χ1) is 15.4. The van der Waals surface area contributed by atoms with Crippen LogP contribution in [0.2, 0.25) is 0 Å². The van der Waals surface area contributed by atoms with Crippen LogP contribution in [0.5, 0.6) is 0 Å². The Morgan fingerprint density at radius 1 is 1.09 bits per heavy atom. The Bertz CT molecular complexity index is 1620. The predicted molar refractivity (Wildman–Crippen MR) is 124 cm³/mol. The molecule has 0 atom stereocenters. The van der Waals surface area contributed by atoms with Gasteiger partial charge in [0.25, 0.3) is 21.5 Å². The van der Waals surface area contributed by atoms with Crippen LogP contribution in [0, 0.1) is 0 Å². The normalized spacial score (nSPS) is 11.6. The van der Waals surface area contributed by atoms with Crippen molar-refractivity contribution in [2.24, 2.45) is 0 Å². The molecule has 0 spiro atoms. The van der Waals surface area contributed by atoms with E-state index in [2.05, 4.69) is 20.0 Å². The van der Waals surface area contributed by atoms with Crippen molar-refractivity contribution >= 4 is 65.3 Å². The summed E-state index contributed by atoms with van der Waals surface area (Å²) in [6.45, 7) is 0. The zero-order valence-electron chi connectivity index (χ0n) is 16.1. The van der Waals surface area contributed by atoms with Crippen molar-refractivity contribution in [1.82, 2.24) is 14.4 Å². The minimum absolute atomic E-state index is 0.0384. The molecule has 0 saturated carbocycles. The Kier molecular flexibility index (Phi) is 4.96. The number of carbonyl (C=O) groups excluding carboxylic acids is 1. The third kappa shape index (κ3) is 3.75. The number of rotatable bonds is 5. The highest BCUT2D eigenvalue weighted by Gasteiger charge is 2.17. The number of thiophene rings is 1. The van der Waals surface area contributed by atoms with Gasteiger partial charge in [0.1, 0.15) is 10.5 Å². The summed E-state index contributed by atoms with van der Waals surface area (Å²) < 4.78 is 28.6. The Labute approximate surface area is 189 Å². The predicted octanol–water partition coefficient (Wildman–Crippen LogP) is 3.42. The van der Waals surface area contributed by atoms with E-state index in [1.54, 1.807) is 29.8 Å². The molecule has 4 heterocycles. The van der Waals surface area contributed by atoms with Gasteiger partial charge >= 0.3 is 0 Å². The molecule has 1 aromatic carbocycles. The van der Waals surface area contributed by atoms with Crippen LogP contribution in [0.1, 0.15) is 9.67 Å². The lowest BCUT2D eigenvalue weighted by molar-refractivity contribution is 0.103. The van der Waals surface area contributed by atoms with Gasteiger partial charge in [-0.3, -0.25) is 18.7 Å². The molecule has 160 valence electrons. The number of benzene rings is 1. The molecule has 12 heteroatoms. The number of amides is 1. The van der Waals surface area contributed by atoms with Gasteiger partial charge in [0, 0.05) is 23.5 Å². The minimum atomic E-state index is -3.78. The lowest BCUT2D eigenvalue weighted by Crippen LogP contribution is -2.14. The van der Waals surface area contributed by atoms with Gasteiger partial charge < -0.3 is 5.32 Å². The summed E-state index contributed by atoms with van der Waals surface area (Å²) in [4.78, 5) is 34.5. The molecule has 0 bridgehead atoms. The first-order valence-electron chi connectivity index (χ1n) is 9.15. The quantitative estimate of drug-likeness (QED) is 0.395. The van der Waals surface area contributed by atoms with E-state index in [1.165, 1.54) is 52.3 Å². The third-order valence-electron chi connectivity index (χ3n) is 4.52. The number of anilines is 2. The first-order valence-corrected chi connectivity index (χ1v) is 12.3. The standard InChI is InChI=1S/C20H13N5O4S3/c26-17(15-11-14-18(31-15)23-16-3-1-2-9-25(16)19(14)27)22-12-4-6-13(7-5-12)32(28,29)24-20-21-8-10-30-20/h1-11H,(H,21,24)(H,22,26). The average Bonchev–Trinajstić information content (AvgIpc) is 3.44. The number of pyridine rings is 1. The molecule has 0 aliphatic rings. The smallest absolute Gasteiger partial charge is 0.266 e. The molecule has 0 radical (unpaired) electrons. The Morgan fingerprint density at radius 2 is 1.91 bits per heavy atom. The van der Waals surface area contributed by atoms with Gasteiger partial charge in [0.05, 0.1) is 15.2 Å². The van der Waals surface area contributed by atoms with Crippen molar-refractivity contribution in [2.75, 3.05) is 10.0 Å². The van der Waals surface area contributed by atoms with Gasteiger partial charge in [-0.1, -0.05) is 6.07 Å². The van der Waals surface area contributed by atoms with Crippen LogP contribution >= 0.6 is 22.7 Å². The van der Waals surface area contributed by atoms with Crippen LogP contribution in [0.4, 0.5) is 10.8 Å². The number of fused-ring (bicyclic) bond motifs is 2. The molecule has 0 fully saturated rings. The number of carbonyl (C=O) groups is 1. The summed E-state index contributed by atoms with van der Waals surface area (Å²) >= 11 is 2.29. The van der Waals surface area contributed by atoms with Crippen molar-refractivity contribution < 1.29 is 13.2 Å². The number of sulfonamides is 1. The van der Waals surface area contributed by atoms with E-state index in [4.69, 9.17) is 0 Å². The van der Waals surface area contributed by atoms with Crippen LogP contribution in [0.25, 0.3) is 15.9 Å². The molecular weight excluding hydrogens is 470 g/mol. The minimum Gasteiger partial charge on any atom is -0.321 e. The van der Waals surface area contributed by atoms with Crippen LogP contribution in [0.15, 0.2) is 76.0 Å². The van der Waals surface area contributed by atoms with E-state index in [0.717, 1.165) is 11.3 Å². The molecular formula is C20H13N5O4S3. The van der Waals surface area contributed by atoms with Gasteiger partial charge in [-0.2, -0.15) is 0 Å². The highest BCUT2D eigenvalue weighted by Crippen LogP contribution is 2.24. The maximum Gasteiger partial charge on any atom is 0.266 e. The summed E-state index contributed by atoms with van der Waals surface area (Å²) in [5.41, 5.74) is 0.667. The number of nitrogens with zero attached hydrogens (tertiary/aromatic N) is 3. The first kappa shape index (κ1) is 20.3.